The topological polar surface area (TPSA) is 103 Å². The van der Waals surface area contributed by atoms with E-state index in [-0.39, 0.29) is 22.4 Å². The van der Waals surface area contributed by atoms with Gasteiger partial charge in [0.25, 0.3) is 0 Å². The lowest BCUT2D eigenvalue weighted by atomic mass is 10.1. The number of pyridine rings is 1. The van der Waals surface area contributed by atoms with Crippen molar-refractivity contribution in [2.75, 3.05) is 13.7 Å². The van der Waals surface area contributed by atoms with Gasteiger partial charge in [-0.2, -0.15) is 4.31 Å². The van der Waals surface area contributed by atoms with Gasteiger partial charge in [-0.05, 0) is 42.7 Å². The van der Waals surface area contributed by atoms with Gasteiger partial charge in [-0.15, -0.1) is 0 Å². The molecular weight excluding hydrogens is 346 g/mol. The van der Waals surface area contributed by atoms with Crippen molar-refractivity contribution < 1.29 is 18.1 Å². The zero-order chi connectivity index (χ0) is 18.0. The first-order chi connectivity index (χ1) is 11.9. The lowest BCUT2D eigenvalue weighted by Crippen LogP contribution is -2.30. The van der Waals surface area contributed by atoms with Gasteiger partial charge < -0.3 is 4.74 Å². The molecule has 1 fully saturated rings. The summed E-state index contributed by atoms with van der Waals surface area (Å²) in [4.78, 5) is 14.4. The van der Waals surface area contributed by atoms with Crippen LogP contribution in [0.5, 0.6) is 5.75 Å². The van der Waals surface area contributed by atoms with Crippen molar-refractivity contribution in [3.8, 4) is 5.75 Å². The molecule has 132 valence electrons. The Morgan fingerprint density at radius 3 is 2.64 bits per heavy atom. The fourth-order valence-corrected chi connectivity index (χ4v) is 4.76. The van der Waals surface area contributed by atoms with Gasteiger partial charge in [0.2, 0.25) is 10.0 Å². The predicted octanol–water partition coefficient (Wildman–Crippen LogP) is 2.52. The van der Waals surface area contributed by atoms with Crippen LogP contribution in [0.2, 0.25) is 0 Å². The van der Waals surface area contributed by atoms with Gasteiger partial charge in [0, 0.05) is 25.0 Å². The van der Waals surface area contributed by atoms with Crippen LogP contribution in [0.3, 0.4) is 0 Å². The van der Waals surface area contributed by atoms with Crippen LogP contribution in [0.4, 0.5) is 5.69 Å². The molecule has 0 N–H and O–H groups in total. The molecule has 0 amide bonds. The minimum atomic E-state index is -3.86. The maximum absolute atomic E-state index is 13.0. The first-order valence-electron chi connectivity index (χ1n) is 7.69. The SMILES string of the molecule is COc1ccc(S(=O)(=O)N2CCC[C@H]2c2ccncc2)cc1[N+](=O)[O-]. The summed E-state index contributed by atoms with van der Waals surface area (Å²) in [6.07, 6.45) is 4.67. The van der Waals surface area contributed by atoms with Gasteiger partial charge in [-0.25, -0.2) is 8.42 Å². The van der Waals surface area contributed by atoms with Gasteiger partial charge in [-0.3, -0.25) is 15.1 Å². The van der Waals surface area contributed by atoms with E-state index in [1.54, 1.807) is 24.5 Å². The van der Waals surface area contributed by atoms with Crippen LogP contribution in [0.15, 0.2) is 47.6 Å². The molecule has 3 rings (SSSR count). The largest absolute Gasteiger partial charge is 0.490 e. The zero-order valence-corrected chi connectivity index (χ0v) is 14.3. The standard InChI is InChI=1S/C16H17N3O5S/c1-24-16-5-4-13(11-15(16)19(20)21)25(22,23)18-10-2-3-14(18)12-6-8-17-9-7-12/h4-9,11,14H,2-3,10H2,1H3/t14-/m0/s1. The normalized spacial score (nSPS) is 18.2. The lowest BCUT2D eigenvalue weighted by Gasteiger charge is -2.24. The molecule has 0 saturated carbocycles. The molecule has 1 saturated heterocycles. The summed E-state index contributed by atoms with van der Waals surface area (Å²) in [6, 6.07) is 6.97. The molecular formula is C16H17N3O5S. The number of aromatic nitrogens is 1. The number of hydrogen-bond donors (Lipinski definition) is 0. The van der Waals surface area contributed by atoms with E-state index in [1.165, 1.54) is 23.5 Å². The van der Waals surface area contributed by atoms with Crippen molar-refractivity contribution in [3.63, 3.8) is 0 Å². The van der Waals surface area contributed by atoms with Crippen molar-refractivity contribution >= 4 is 15.7 Å². The number of benzene rings is 1. The number of methoxy groups -OCH3 is 1. The average Bonchev–Trinajstić information content (AvgIpc) is 3.12. The molecule has 1 aliphatic rings. The van der Waals surface area contributed by atoms with Crippen LogP contribution >= 0.6 is 0 Å². The quantitative estimate of drug-likeness (QED) is 0.597. The van der Waals surface area contributed by atoms with Gasteiger partial charge in [0.15, 0.2) is 5.75 Å². The first-order valence-corrected chi connectivity index (χ1v) is 9.13. The van der Waals surface area contributed by atoms with Crippen LogP contribution < -0.4 is 4.74 Å². The van der Waals surface area contributed by atoms with E-state index in [0.29, 0.717) is 13.0 Å². The highest BCUT2D eigenvalue weighted by atomic mass is 32.2. The Labute approximate surface area is 145 Å². The molecule has 1 aromatic heterocycles. The average molecular weight is 363 g/mol. The Bertz CT molecular complexity index is 886. The number of ether oxygens (including phenoxy) is 1. The summed E-state index contributed by atoms with van der Waals surface area (Å²) in [5.74, 6) is 0.0241. The van der Waals surface area contributed by atoms with E-state index in [4.69, 9.17) is 4.74 Å². The Morgan fingerprint density at radius 1 is 1.28 bits per heavy atom. The molecule has 25 heavy (non-hydrogen) atoms. The molecule has 2 heterocycles. The van der Waals surface area contributed by atoms with Crippen molar-refractivity contribution in [2.45, 2.75) is 23.8 Å². The third-order valence-electron chi connectivity index (χ3n) is 4.25. The molecule has 1 aliphatic heterocycles. The minimum absolute atomic E-state index is 0.0241. The highest BCUT2D eigenvalue weighted by Crippen LogP contribution is 2.38. The van der Waals surface area contributed by atoms with Crippen LogP contribution in [0.1, 0.15) is 24.4 Å². The molecule has 2 aromatic rings. The van der Waals surface area contributed by atoms with Crippen LogP contribution in [-0.2, 0) is 10.0 Å². The lowest BCUT2D eigenvalue weighted by molar-refractivity contribution is -0.386. The Hall–Kier alpha value is -2.52. The van der Waals surface area contributed by atoms with Crippen molar-refractivity contribution in [2.24, 2.45) is 0 Å². The van der Waals surface area contributed by atoms with E-state index in [1.807, 2.05) is 0 Å². The van der Waals surface area contributed by atoms with Gasteiger partial charge in [0.05, 0.1) is 23.0 Å². The molecule has 9 heteroatoms. The maximum Gasteiger partial charge on any atom is 0.312 e. The Morgan fingerprint density at radius 2 is 2.00 bits per heavy atom. The third kappa shape index (κ3) is 3.20. The van der Waals surface area contributed by atoms with E-state index in [9.17, 15) is 18.5 Å². The first kappa shape index (κ1) is 17.3. The van der Waals surface area contributed by atoms with Gasteiger partial charge in [0.1, 0.15) is 0 Å². The fourth-order valence-electron chi connectivity index (χ4n) is 3.05. The van der Waals surface area contributed by atoms with E-state index in [0.717, 1.165) is 18.1 Å². The summed E-state index contributed by atoms with van der Waals surface area (Å²) in [6.45, 7) is 0.370. The molecule has 0 spiro atoms. The highest BCUT2D eigenvalue weighted by molar-refractivity contribution is 7.89. The molecule has 8 nitrogen and oxygen atoms in total. The van der Waals surface area contributed by atoms with Crippen LogP contribution in [0.25, 0.3) is 0 Å². The monoisotopic (exact) mass is 363 g/mol. The zero-order valence-electron chi connectivity index (χ0n) is 13.5. The summed E-state index contributed by atoms with van der Waals surface area (Å²) in [5.41, 5.74) is 0.488. The molecule has 0 bridgehead atoms. The van der Waals surface area contributed by atoms with Crippen molar-refractivity contribution in [1.82, 2.24) is 9.29 Å². The highest BCUT2D eigenvalue weighted by Gasteiger charge is 2.37. The number of nitro benzene ring substituents is 1. The second kappa shape index (κ2) is 6.77. The minimum Gasteiger partial charge on any atom is -0.490 e. The summed E-state index contributed by atoms with van der Waals surface area (Å²) in [5, 5.41) is 11.2. The number of rotatable bonds is 5. The van der Waals surface area contributed by atoms with Crippen molar-refractivity contribution in [3.05, 3.63) is 58.4 Å². The molecule has 1 atom stereocenters. The molecule has 0 radical (unpaired) electrons. The maximum atomic E-state index is 13.0. The predicted molar refractivity (Wildman–Crippen MR) is 89.8 cm³/mol. The van der Waals surface area contributed by atoms with Crippen LogP contribution in [-0.4, -0.2) is 36.3 Å². The van der Waals surface area contributed by atoms with Crippen LogP contribution in [0, 0.1) is 10.1 Å². The van der Waals surface area contributed by atoms with Crippen molar-refractivity contribution in [1.29, 1.82) is 0 Å². The molecule has 0 aliphatic carbocycles. The number of nitro groups is 1. The van der Waals surface area contributed by atoms with E-state index >= 15 is 0 Å². The summed E-state index contributed by atoms with van der Waals surface area (Å²) in [7, 11) is -2.56. The summed E-state index contributed by atoms with van der Waals surface area (Å²) >= 11 is 0. The number of nitrogens with zero attached hydrogens (tertiary/aromatic N) is 3. The Balaban J connectivity index is 2.01. The molecule has 0 unspecified atom stereocenters. The van der Waals surface area contributed by atoms with Gasteiger partial charge >= 0.3 is 5.69 Å². The fraction of sp³-hybridized carbons (Fsp3) is 0.312. The Kier molecular flexibility index (Phi) is 4.69. The van der Waals surface area contributed by atoms with E-state index in [2.05, 4.69) is 4.98 Å². The number of hydrogen-bond acceptors (Lipinski definition) is 6. The summed E-state index contributed by atoms with van der Waals surface area (Å²) < 4.78 is 32.4. The number of sulfonamides is 1. The second-order valence-electron chi connectivity index (χ2n) is 5.65. The third-order valence-corrected chi connectivity index (χ3v) is 6.15. The van der Waals surface area contributed by atoms with Gasteiger partial charge in [-0.1, -0.05) is 0 Å². The second-order valence-corrected chi connectivity index (χ2v) is 7.54. The van der Waals surface area contributed by atoms with E-state index < -0.39 is 14.9 Å². The smallest absolute Gasteiger partial charge is 0.312 e. The molecule has 1 aromatic carbocycles.